The Morgan fingerprint density at radius 1 is 0.846 bits per heavy atom. The summed E-state index contributed by atoms with van der Waals surface area (Å²) in [4.78, 5) is 15.5. The zero-order valence-corrected chi connectivity index (χ0v) is 23.0. The molecule has 39 heavy (non-hydrogen) atoms. The fourth-order valence-corrected chi connectivity index (χ4v) is 6.55. The van der Waals surface area contributed by atoms with Crippen molar-refractivity contribution in [3.63, 3.8) is 0 Å². The normalized spacial score (nSPS) is 19.9. The van der Waals surface area contributed by atoms with E-state index in [2.05, 4.69) is 14.9 Å². The molecule has 1 aliphatic heterocycles. The Kier molecular flexibility index (Phi) is 8.84. The van der Waals surface area contributed by atoms with E-state index >= 15 is 0 Å². The lowest BCUT2D eigenvalue weighted by molar-refractivity contribution is 0.0920. The molecule has 2 fully saturated rings. The topological polar surface area (TPSA) is 87.7 Å². The van der Waals surface area contributed by atoms with Gasteiger partial charge in [-0.2, -0.15) is 0 Å². The number of carbonyl (C=O) groups excluding carboxylic acids is 1. The third kappa shape index (κ3) is 7.40. The molecule has 0 atom stereocenters. The highest BCUT2D eigenvalue weighted by atomic mass is 32.2. The van der Waals surface area contributed by atoms with Gasteiger partial charge in [0.05, 0.1) is 10.6 Å². The molecule has 0 unspecified atom stereocenters. The summed E-state index contributed by atoms with van der Waals surface area (Å²) in [6, 6.07) is 22.3. The molecular weight excluding hydrogens is 510 g/mol. The number of hydrogen-bond acceptors (Lipinski definition) is 5. The molecule has 206 valence electrons. The van der Waals surface area contributed by atoms with E-state index in [1.54, 1.807) is 48.5 Å². The first kappa shape index (κ1) is 27.2. The molecule has 3 aromatic rings. The minimum atomic E-state index is -3.88. The summed E-state index contributed by atoms with van der Waals surface area (Å²) in [7, 11) is -3.88. The van der Waals surface area contributed by atoms with Crippen molar-refractivity contribution >= 4 is 21.6 Å². The van der Waals surface area contributed by atoms with Crippen LogP contribution in [0, 0.1) is 5.92 Å². The highest BCUT2D eigenvalue weighted by molar-refractivity contribution is 7.92. The van der Waals surface area contributed by atoms with E-state index in [9.17, 15) is 13.2 Å². The molecule has 1 saturated heterocycles. The van der Waals surface area contributed by atoms with Crippen molar-refractivity contribution in [3.05, 3.63) is 84.4 Å². The van der Waals surface area contributed by atoms with Crippen molar-refractivity contribution in [2.24, 2.45) is 5.92 Å². The van der Waals surface area contributed by atoms with Gasteiger partial charge in [-0.1, -0.05) is 30.3 Å². The van der Waals surface area contributed by atoms with Crippen LogP contribution < -0.4 is 14.8 Å². The molecule has 2 aliphatic rings. The van der Waals surface area contributed by atoms with E-state index in [1.807, 2.05) is 18.2 Å². The number of rotatable bonds is 10. The second-order valence-electron chi connectivity index (χ2n) is 10.6. The Hall–Kier alpha value is -3.36. The lowest BCUT2D eigenvalue weighted by Gasteiger charge is -2.30. The van der Waals surface area contributed by atoms with Crippen molar-refractivity contribution < 1.29 is 17.9 Å². The highest BCUT2D eigenvalue weighted by Crippen LogP contribution is 2.31. The van der Waals surface area contributed by atoms with E-state index in [0.29, 0.717) is 22.7 Å². The van der Waals surface area contributed by atoms with Gasteiger partial charge in [-0.15, -0.1) is 0 Å². The van der Waals surface area contributed by atoms with Crippen LogP contribution in [0.3, 0.4) is 0 Å². The van der Waals surface area contributed by atoms with Gasteiger partial charge >= 0.3 is 0 Å². The molecule has 0 aromatic heterocycles. The fourth-order valence-electron chi connectivity index (χ4n) is 5.48. The van der Waals surface area contributed by atoms with Crippen molar-refractivity contribution in [3.8, 4) is 11.5 Å². The van der Waals surface area contributed by atoms with Crippen LogP contribution in [0.15, 0.2) is 83.8 Å². The van der Waals surface area contributed by atoms with Gasteiger partial charge in [-0.25, -0.2) is 8.42 Å². The fraction of sp³-hybridized carbons (Fsp3) is 0.387. The average molecular weight is 548 g/mol. The molecule has 1 saturated carbocycles. The minimum absolute atomic E-state index is 0.0760. The Balaban J connectivity index is 1.14. The summed E-state index contributed by atoms with van der Waals surface area (Å²) in [5.41, 5.74) is 0.789. The first-order valence-corrected chi connectivity index (χ1v) is 15.4. The molecule has 0 spiro atoms. The molecule has 2 N–H and O–H groups in total. The van der Waals surface area contributed by atoms with E-state index in [4.69, 9.17) is 4.74 Å². The van der Waals surface area contributed by atoms with Gasteiger partial charge < -0.3 is 15.0 Å². The van der Waals surface area contributed by atoms with E-state index in [1.165, 1.54) is 51.0 Å². The lowest BCUT2D eigenvalue weighted by Crippen LogP contribution is -2.38. The van der Waals surface area contributed by atoms with Gasteiger partial charge in [-0.3, -0.25) is 9.52 Å². The molecule has 1 amide bonds. The number of benzene rings is 3. The average Bonchev–Trinajstić information content (AvgIpc) is 3.48. The standard InChI is InChI=1S/C31H37N3O4S/c35-31(32-26-16-12-24(13-17-26)20-23-34-21-6-7-22-34)25-14-18-28(19-15-25)39(36,37)33-29-10-4-5-11-30(29)38-27-8-2-1-3-9-27/h1-5,8-11,14-15,18-19,24,26,33H,6-7,12-13,16-17,20-23H2,(H,32,35)/t24-,26-. The molecule has 0 radical (unpaired) electrons. The predicted molar refractivity (Wildman–Crippen MR) is 154 cm³/mol. The number of nitrogens with one attached hydrogen (secondary N) is 2. The molecule has 3 aromatic carbocycles. The zero-order valence-electron chi connectivity index (χ0n) is 22.2. The lowest BCUT2D eigenvalue weighted by atomic mass is 9.84. The molecule has 1 heterocycles. The van der Waals surface area contributed by atoms with Crippen LogP contribution in [0.5, 0.6) is 11.5 Å². The molecule has 5 rings (SSSR count). The molecule has 8 heteroatoms. The largest absolute Gasteiger partial charge is 0.455 e. The second kappa shape index (κ2) is 12.7. The third-order valence-corrected chi connectivity index (χ3v) is 9.14. The van der Waals surface area contributed by atoms with Crippen molar-refractivity contribution in [1.29, 1.82) is 0 Å². The van der Waals surface area contributed by atoms with E-state index in [-0.39, 0.29) is 16.8 Å². The first-order chi connectivity index (χ1) is 19.0. The Labute approximate surface area is 231 Å². The number of hydrogen-bond donors (Lipinski definition) is 2. The van der Waals surface area contributed by atoms with Crippen LogP contribution in [0.2, 0.25) is 0 Å². The monoisotopic (exact) mass is 547 g/mol. The van der Waals surface area contributed by atoms with Gasteiger partial charge in [-0.05, 0) is 119 Å². The number of carbonyl (C=O) groups is 1. The molecule has 1 aliphatic carbocycles. The number of ether oxygens (including phenoxy) is 1. The maximum Gasteiger partial charge on any atom is 0.262 e. The summed E-state index contributed by atoms with van der Waals surface area (Å²) in [5.74, 6) is 1.59. The third-order valence-electron chi connectivity index (χ3n) is 7.76. The van der Waals surface area contributed by atoms with Crippen LogP contribution in [-0.2, 0) is 10.0 Å². The van der Waals surface area contributed by atoms with Gasteiger partial charge in [0.1, 0.15) is 5.75 Å². The van der Waals surface area contributed by atoms with Crippen LogP contribution in [0.4, 0.5) is 5.69 Å². The quantitative estimate of drug-likeness (QED) is 0.322. The first-order valence-electron chi connectivity index (χ1n) is 13.9. The maximum atomic E-state index is 13.1. The summed E-state index contributed by atoms with van der Waals surface area (Å²) in [5, 5.41) is 3.15. The number of amides is 1. The van der Waals surface area contributed by atoms with Crippen LogP contribution in [0.25, 0.3) is 0 Å². The SMILES string of the molecule is O=C(N[C@H]1CC[C@H](CCN2CCCC2)CC1)c1ccc(S(=O)(=O)Nc2ccccc2Oc2ccccc2)cc1. The Bertz CT molecular complexity index is 1330. The molecular formula is C31H37N3O4S. The van der Waals surface area contributed by atoms with Crippen molar-refractivity contribution in [1.82, 2.24) is 10.2 Å². The maximum absolute atomic E-state index is 13.1. The summed E-state index contributed by atoms with van der Waals surface area (Å²) in [6.45, 7) is 3.70. The van der Waals surface area contributed by atoms with Gasteiger partial charge in [0.2, 0.25) is 0 Å². The molecule has 0 bridgehead atoms. The zero-order chi connectivity index (χ0) is 27.1. The van der Waals surface area contributed by atoms with Crippen molar-refractivity contribution in [2.75, 3.05) is 24.4 Å². The highest BCUT2D eigenvalue weighted by Gasteiger charge is 2.24. The van der Waals surface area contributed by atoms with E-state index < -0.39 is 10.0 Å². The summed E-state index contributed by atoms with van der Waals surface area (Å²) < 4.78 is 34.7. The predicted octanol–water partition coefficient (Wildman–Crippen LogP) is 6.05. The van der Waals surface area contributed by atoms with E-state index in [0.717, 1.165) is 31.6 Å². The van der Waals surface area contributed by atoms with Crippen LogP contribution in [0.1, 0.15) is 55.3 Å². The number of anilines is 1. The van der Waals surface area contributed by atoms with Gasteiger partial charge in [0.15, 0.2) is 5.75 Å². The van der Waals surface area contributed by atoms with Crippen molar-refractivity contribution in [2.45, 2.75) is 55.9 Å². The number of sulfonamides is 1. The Morgan fingerprint density at radius 2 is 1.51 bits per heavy atom. The van der Waals surface area contributed by atoms with Crippen LogP contribution in [-0.4, -0.2) is 44.9 Å². The number of nitrogens with zero attached hydrogens (tertiary/aromatic N) is 1. The molecule has 7 nitrogen and oxygen atoms in total. The minimum Gasteiger partial charge on any atom is -0.455 e. The van der Waals surface area contributed by atoms with Gasteiger partial charge in [0.25, 0.3) is 15.9 Å². The Morgan fingerprint density at radius 3 is 2.23 bits per heavy atom. The second-order valence-corrected chi connectivity index (χ2v) is 12.3. The summed E-state index contributed by atoms with van der Waals surface area (Å²) in [6.07, 6.45) is 8.22. The smallest absolute Gasteiger partial charge is 0.262 e. The number of likely N-dealkylation sites (tertiary alicyclic amines) is 1. The van der Waals surface area contributed by atoms with Gasteiger partial charge in [0, 0.05) is 11.6 Å². The van der Waals surface area contributed by atoms with Crippen LogP contribution >= 0.6 is 0 Å². The summed E-state index contributed by atoms with van der Waals surface area (Å²) >= 11 is 0. The number of para-hydroxylation sites is 3.